The third-order valence-corrected chi connectivity index (χ3v) is 6.23. The zero-order valence-electron chi connectivity index (χ0n) is 19.7. The second-order valence-corrected chi connectivity index (χ2v) is 8.74. The van der Waals surface area contributed by atoms with Gasteiger partial charge in [0.25, 0.3) is 0 Å². The fraction of sp³-hybridized carbons (Fsp3) is 0.423. The van der Waals surface area contributed by atoms with Crippen LogP contribution in [0, 0.1) is 13.8 Å². The molecule has 2 heterocycles. The Labute approximate surface area is 191 Å². The van der Waals surface area contributed by atoms with E-state index in [1.165, 1.54) is 16.8 Å². The van der Waals surface area contributed by atoms with E-state index in [0.29, 0.717) is 0 Å². The molecule has 1 fully saturated rings. The molecule has 170 valence electrons. The van der Waals surface area contributed by atoms with E-state index >= 15 is 0 Å². The molecule has 0 N–H and O–H groups in total. The average Bonchev–Trinajstić information content (AvgIpc) is 3.26. The maximum atomic E-state index is 5.60. The van der Waals surface area contributed by atoms with E-state index in [1.807, 2.05) is 30.3 Å². The summed E-state index contributed by atoms with van der Waals surface area (Å²) in [5, 5.41) is 4.25. The lowest BCUT2D eigenvalue weighted by molar-refractivity contribution is 0.202. The van der Waals surface area contributed by atoms with Crippen molar-refractivity contribution in [3.05, 3.63) is 65.4 Å². The Kier molecular flexibility index (Phi) is 7.12. The minimum absolute atomic E-state index is 0.741. The number of piperazine rings is 1. The van der Waals surface area contributed by atoms with Gasteiger partial charge < -0.3 is 14.2 Å². The molecular weight excluding hydrogens is 400 g/mol. The van der Waals surface area contributed by atoms with Crippen LogP contribution in [0.15, 0.2) is 53.1 Å². The molecule has 0 saturated carbocycles. The number of benzene rings is 2. The van der Waals surface area contributed by atoms with Crippen LogP contribution >= 0.6 is 0 Å². The number of rotatable bonds is 8. The van der Waals surface area contributed by atoms with E-state index in [2.05, 4.69) is 59.0 Å². The molecule has 1 aliphatic rings. The normalized spacial score (nSPS) is 14.8. The zero-order chi connectivity index (χ0) is 22.5. The summed E-state index contributed by atoms with van der Waals surface area (Å²) in [6, 6.07) is 16.7. The standard InChI is InChI=1S/C26H34N4O2/c1-20-9-10-25(21(2)17-20)30-15-13-29(14-16-30)12-11-28(3)19-22-18-24(27-32-22)23-7-5-6-8-26(23)31-4/h5-10,17-18H,11-16,19H2,1-4H3. The molecule has 3 aromatic rings. The molecule has 0 atom stereocenters. The number of likely N-dealkylation sites (N-methyl/N-ethyl adjacent to an activating group) is 1. The van der Waals surface area contributed by atoms with Gasteiger partial charge in [0.15, 0.2) is 5.76 Å². The van der Waals surface area contributed by atoms with Crippen LogP contribution in [0.1, 0.15) is 16.9 Å². The predicted octanol–water partition coefficient (Wildman–Crippen LogP) is 4.22. The Morgan fingerprint density at radius 2 is 1.81 bits per heavy atom. The molecule has 0 amide bonds. The maximum absolute atomic E-state index is 5.60. The molecule has 6 nitrogen and oxygen atoms in total. The summed E-state index contributed by atoms with van der Waals surface area (Å²) in [6.07, 6.45) is 0. The molecule has 1 aliphatic heterocycles. The van der Waals surface area contributed by atoms with Crippen molar-refractivity contribution in [3.8, 4) is 17.0 Å². The summed E-state index contributed by atoms with van der Waals surface area (Å²) in [5.41, 5.74) is 5.85. The van der Waals surface area contributed by atoms with Crippen molar-refractivity contribution in [2.45, 2.75) is 20.4 Å². The highest BCUT2D eigenvalue weighted by molar-refractivity contribution is 5.66. The van der Waals surface area contributed by atoms with E-state index in [1.54, 1.807) is 7.11 Å². The fourth-order valence-corrected chi connectivity index (χ4v) is 4.40. The van der Waals surface area contributed by atoms with Gasteiger partial charge in [0.05, 0.1) is 13.7 Å². The smallest absolute Gasteiger partial charge is 0.151 e. The molecule has 0 aliphatic carbocycles. The van der Waals surface area contributed by atoms with E-state index in [-0.39, 0.29) is 0 Å². The molecule has 1 saturated heterocycles. The SMILES string of the molecule is COc1ccccc1-c1cc(CN(C)CCN2CCN(c3ccc(C)cc3C)CC2)on1. The number of ether oxygens (including phenoxy) is 1. The second kappa shape index (κ2) is 10.2. The third-order valence-electron chi connectivity index (χ3n) is 6.23. The number of nitrogens with zero attached hydrogens (tertiary/aromatic N) is 4. The Morgan fingerprint density at radius 1 is 1.03 bits per heavy atom. The number of hydrogen-bond donors (Lipinski definition) is 0. The fourth-order valence-electron chi connectivity index (χ4n) is 4.40. The molecule has 0 unspecified atom stereocenters. The number of aryl methyl sites for hydroxylation is 2. The number of anilines is 1. The van der Waals surface area contributed by atoms with Crippen LogP contribution in [0.5, 0.6) is 5.75 Å². The molecule has 1 aromatic heterocycles. The summed E-state index contributed by atoms with van der Waals surface area (Å²) in [6.45, 7) is 11.5. The van der Waals surface area contributed by atoms with Crippen LogP contribution in [-0.2, 0) is 6.54 Å². The lowest BCUT2D eigenvalue weighted by Crippen LogP contribution is -2.48. The Balaban J connectivity index is 1.25. The average molecular weight is 435 g/mol. The topological polar surface area (TPSA) is 45.0 Å². The molecular formula is C26H34N4O2. The summed E-state index contributed by atoms with van der Waals surface area (Å²) >= 11 is 0. The van der Waals surface area contributed by atoms with E-state index in [0.717, 1.165) is 68.6 Å². The summed E-state index contributed by atoms with van der Waals surface area (Å²) in [4.78, 5) is 7.36. The van der Waals surface area contributed by atoms with Crippen LogP contribution in [0.2, 0.25) is 0 Å². The summed E-state index contributed by atoms with van der Waals surface area (Å²) in [7, 11) is 3.81. The zero-order valence-corrected chi connectivity index (χ0v) is 19.7. The van der Waals surface area contributed by atoms with E-state index in [4.69, 9.17) is 9.26 Å². The van der Waals surface area contributed by atoms with Gasteiger partial charge in [0.2, 0.25) is 0 Å². The van der Waals surface area contributed by atoms with Gasteiger partial charge >= 0.3 is 0 Å². The predicted molar refractivity (Wildman–Crippen MR) is 129 cm³/mol. The van der Waals surface area contributed by atoms with Gasteiger partial charge in [-0.15, -0.1) is 0 Å². The first-order chi connectivity index (χ1) is 15.5. The van der Waals surface area contributed by atoms with E-state index < -0.39 is 0 Å². The van der Waals surface area contributed by atoms with Crippen LogP contribution in [0.25, 0.3) is 11.3 Å². The van der Waals surface area contributed by atoms with Crippen LogP contribution < -0.4 is 9.64 Å². The second-order valence-electron chi connectivity index (χ2n) is 8.74. The van der Waals surface area contributed by atoms with Crippen molar-refractivity contribution in [2.24, 2.45) is 0 Å². The van der Waals surface area contributed by atoms with Crippen molar-refractivity contribution < 1.29 is 9.26 Å². The quantitative estimate of drug-likeness (QED) is 0.529. The highest BCUT2D eigenvalue weighted by atomic mass is 16.5. The minimum Gasteiger partial charge on any atom is -0.496 e. The van der Waals surface area contributed by atoms with Crippen LogP contribution in [-0.4, -0.2) is 68.4 Å². The highest BCUT2D eigenvalue weighted by Crippen LogP contribution is 2.29. The number of methoxy groups -OCH3 is 1. The van der Waals surface area contributed by atoms with Crippen LogP contribution in [0.4, 0.5) is 5.69 Å². The molecule has 6 heteroatoms. The van der Waals surface area contributed by atoms with Gasteiger partial charge in [-0.2, -0.15) is 0 Å². The first-order valence-corrected chi connectivity index (χ1v) is 11.4. The van der Waals surface area contributed by atoms with Crippen molar-refractivity contribution >= 4 is 5.69 Å². The maximum Gasteiger partial charge on any atom is 0.151 e. The lowest BCUT2D eigenvalue weighted by Gasteiger charge is -2.37. The van der Waals surface area contributed by atoms with E-state index in [9.17, 15) is 0 Å². The van der Waals surface area contributed by atoms with Crippen molar-refractivity contribution in [2.75, 3.05) is 58.3 Å². The molecule has 4 rings (SSSR count). The van der Waals surface area contributed by atoms with Gasteiger partial charge in [-0.3, -0.25) is 9.80 Å². The first kappa shape index (κ1) is 22.4. The summed E-state index contributed by atoms with van der Waals surface area (Å²) in [5.74, 6) is 1.67. The minimum atomic E-state index is 0.741. The number of para-hydroxylation sites is 1. The third kappa shape index (κ3) is 5.31. The first-order valence-electron chi connectivity index (χ1n) is 11.4. The molecule has 0 bridgehead atoms. The molecule has 0 spiro atoms. The van der Waals surface area contributed by atoms with Gasteiger partial charge in [-0.25, -0.2) is 0 Å². The van der Waals surface area contributed by atoms with Crippen molar-refractivity contribution in [1.29, 1.82) is 0 Å². The lowest BCUT2D eigenvalue weighted by atomic mass is 10.1. The largest absolute Gasteiger partial charge is 0.496 e. The molecule has 2 aromatic carbocycles. The monoisotopic (exact) mass is 434 g/mol. The van der Waals surface area contributed by atoms with Gasteiger partial charge in [-0.1, -0.05) is 35.0 Å². The number of aromatic nitrogens is 1. The Morgan fingerprint density at radius 3 is 2.56 bits per heavy atom. The molecule has 32 heavy (non-hydrogen) atoms. The van der Waals surface area contributed by atoms with Crippen molar-refractivity contribution in [1.82, 2.24) is 15.0 Å². The molecule has 0 radical (unpaired) electrons. The Bertz CT molecular complexity index is 1020. The van der Waals surface area contributed by atoms with Crippen molar-refractivity contribution in [3.63, 3.8) is 0 Å². The van der Waals surface area contributed by atoms with Crippen LogP contribution in [0.3, 0.4) is 0 Å². The highest BCUT2D eigenvalue weighted by Gasteiger charge is 2.19. The van der Waals surface area contributed by atoms with Gasteiger partial charge in [0.1, 0.15) is 11.4 Å². The Hall–Kier alpha value is -2.83. The van der Waals surface area contributed by atoms with Gasteiger partial charge in [0, 0.05) is 56.6 Å². The summed E-state index contributed by atoms with van der Waals surface area (Å²) < 4.78 is 11.0. The number of hydrogen-bond acceptors (Lipinski definition) is 6. The van der Waals surface area contributed by atoms with Gasteiger partial charge in [-0.05, 0) is 44.7 Å².